The number of hydrogen-bond donors (Lipinski definition) is 0. The van der Waals surface area contributed by atoms with Crippen molar-refractivity contribution in [3.63, 3.8) is 0 Å². The van der Waals surface area contributed by atoms with Gasteiger partial charge in [-0.1, -0.05) is 36.8 Å². The van der Waals surface area contributed by atoms with Crippen molar-refractivity contribution < 1.29 is 9.53 Å². The molecule has 0 bridgehead atoms. The van der Waals surface area contributed by atoms with Crippen molar-refractivity contribution in [3.05, 3.63) is 35.9 Å². The molecule has 0 aliphatic rings. The van der Waals surface area contributed by atoms with Crippen LogP contribution in [0.3, 0.4) is 0 Å². The van der Waals surface area contributed by atoms with Crippen molar-refractivity contribution in [1.29, 1.82) is 0 Å². The molecular weight excluding hydrogens is 274 g/mol. The molecule has 0 atom stereocenters. The highest BCUT2D eigenvalue weighted by molar-refractivity contribution is 5.69. The molecule has 22 heavy (non-hydrogen) atoms. The van der Waals surface area contributed by atoms with Crippen molar-refractivity contribution in [3.8, 4) is 0 Å². The molecule has 0 saturated heterocycles. The summed E-state index contributed by atoms with van der Waals surface area (Å²) in [6.07, 6.45) is 3.65. The number of carbonyl (C=O) groups excluding carboxylic acids is 1. The van der Waals surface area contributed by atoms with Gasteiger partial charge in [0.1, 0.15) is 0 Å². The zero-order valence-electron chi connectivity index (χ0n) is 14.6. The third-order valence-electron chi connectivity index (χ3n) is 3.78. The van der Waals surface area contributed by atoms with Crippen LogP contribution < -0.4 is 0 Å². The van der Waals surface area contributed by atoms with Gasteiger partial charge in [-0.3, -0.25) is 9.69 Å². The lowest BCUT2D eigenvalue weighted by Crippen LogP contribution is -2.41. The SMILES string of the molecule is CCOC(=O)CCCCCN(Cc1ccccc1)C(C)(C)C. The molecule has 0 aliphatic carbocycles. The highest BCUT2D eigenvalue weighted by atomic mass is 16.5. The van der Waals surface area contributed by atoms with Crippen LogP contribution >= 0.6 is 0 Å². The van der Waals surface area contributed by atoms with Crippen LogP contribution in [0.2, 0.25) is 0 Å². The minimum absolute atomic E-state index is 0.0699. The summed E-state index contributed by atoms with van der Waals surface area (Å²) in [5, 5.41) is 0. The molecule has 1 rings (SSSR count). The number of nitrogens with zero attached hydrogens (tertiary/aromatic N) is 1. The number of hydrogen-bond acceptors (Lipinski definition) is 3. The van der Waals surface area contributed by atoms with Gasteiger partial charge in [-0.15, -0.1) is 0 Å². The molecule has 0 unspecified atom stereocenters. The van der Waals surface area contributed by atoms with Gasteiger partial charge in [0.2, 0.25) is 0 Å². The van der Waals surface area contributed by atoms with E-state index in [9.17, 15) is 4.79 Å². The van der Waals surface area contributed by atoms with Crippen molar-refractivity contribution >= 4 is 5.97 Å². The van der Waals surface area contributed by atoms with Gasteiger partial charge >= 0.3 is 5.97 Å². The molecule has 0 spiro atoms. The average molecular weight is 305 g/mol. The van der Waals surface area contributed by atoms with E-state index in [0.717, 1.165) is 32.4 Å². The Labute approximate surface area is 135 Å². The van der Waals surface area contributed by atoms with E-state index in [-0.39, 0.29) is 11.5 Å². The van der Waals surface area contributed by atoms with Crippen molar-refractivity contribution in [2.75, 3.05) is 13.2 Å². The van der Waals surface area contributed by atoms with Crippen LogP contribution in [0.1, 0.15) is 58.9 Å². The molecule has 3 nitrogen and oxygen atoms in total. The minimum Gasteiger partial charge on any atom is -0.466 e. The summed E-state index contributed by atoms with van der Waals surface area (Å²) >= 11 is 0. The van der Waals surface area contributed by atoms with Gasteiger partial charge in [0.15, 0.2) is 0 Å². The summed E-state index contributed by atoms with van der Waals surface area (Å²) < 4.78 is 4.95. The second kappa shape index (κ2) is 9.62. The zero-order valence-corrected chi connectivity index (χ0v) is 14.6. The van der Waals surface area contributed by atoms with Crippen LogP contribution in [0.5, 0.6) is 0 Å². The standard InChI is InChI=1S/C19H31NO2/c1-5-22-18(21)14-10-7-11-15-20(19(2,3)4)16-17-12-8-6-9-13-17/h6,8-9,12-13H,5,7,10-11,14-16H2,1-4H3. The Hall–Kier alpha value is -1.35. The van der Waals surface area contributed by atoms with Gasteiger partial charge in [-0.25, -0.2) is 0 Å². The van der Waals surface area contributed by atoms with Crippen molar-refractivity contribution in [2.24, 2.45) is 0 Å². The van der Waals surface area contributed by atoms with Gasteiger partial charge in [-0.05, 0) is 52.6 Å². The van der Waals surface area contributed by atoms with Crippen molar-refractivity contribution in [2.45, 2.75) is 65.5 Å². The van der Waals surface area contributed by atoms with Gasteiger partial charge in [0.25, 0.3) is 0 Å². The Balaban J connectivity index is 2.35. The smallest absolute Gasteiger partial charge is 0.305 e. The topological polar surface area (TPSA) is 29.5 Å². The third-order valence-corrected chi connectivity index (χ3v) is 3.78. The molecular formula is C19H31NO2. The van der Waals surface area contributed by atoms with Gasteiger partial charge in [0.05, 0.1) is 6.61 Å². The van der Waals surface area contributed by atoms with E-state index in [2.05, 4.69) is 56.0 Å². The molecule has 0 aromatic heterocycles. The zero-order chi connectivity index (χ0) is 16.4. The summed E-state index contributed by atoms with van der Waals surface area (Å²) in [6.45, 7) is 11.1. The molecule has 0 fully saturated rings. The van der Waals surface area contributed by atoms with Gasteiger partial charge < -0.3 is 4.74 Å². The Kier molecular flexibility index (Phi) is 8.18. The minimum atomic E-state index is -0.0699. The number of carbonyl (C=O) groups is 1. The second-order valence-electron chi connectivity index (χ2n) is 6.69. The largest absolute Gasteiger partial charge is 0.466 e. The fourth-order valence-electron chi connectivity index (χ4n) is 2.44. The predicted octanol–water partition coefficient (Wildman–Crippen LogP) is 4.41. The van der Waals surface area contributed by atoms with Gasteiger partial charge in [0, 0.05) is 18.5 Å². The van der Waals surface area contributed by atoms with Crippen LogP contribution in [0.15, 0.2) is 30.3 Å². The van der Waals surface area contributed by atoms with E-state index in [0.29, 0.717) is 13.0 Å². The molecule has 0 heterocycles. The number of rotatable bonds is 9. The van der Waals surface area contributed by atoms with E-state index in [1.165, 1.54) is 5.56 Å². The maximum atomic E-state index is 11.3. The number of esters is 1. The van der Waals surface area contributed by atoms with E-state index in [4.69, 9.17) is 4.74 Å². The lowest BCUT2D eigenvalue weighted by Gasteiger charge is -2.36. The Bertz CT molecular complexity index is 423. The molecule has 0 N–H and O–H groups in total. The first-order valence-electron chi connectivity index (χ1n) is 8.38. The highest BCUT2D eigenvalue weighted by Crippen LogP contribution is 2.18. The molecule has 0 aliphatic heterocycles. The van der Waals surface area contributed by atoms with Crippen molar-refractivity contribution in [1.82, 2.24) is 4.90 Å². The summed E-state index contributed by atoms with van der Waals surface area (Å²) in [6, 6.07) is 10.6. The first-order valence-corrected chi connectivity index (χ1v) is 8.38. The lowest BCUT2D eigenvalue weighted by molar-refractivity contribution is -0.143. The molecule has 0 amide bonds. The average Bonchev–Trinajstić information content (AvgIpc) is 2.46. The summed E-state index contributed by atoms with van der Waals surface area (Å²) in [5.74, 6) is -0.0699. The van der Waals surface area contributed by atoms with E-state index in [1.54, 1.807) is 0 Å². The first-order chi connectivity index (χ1) is 10.4. The molecule has 3 heteroatoms. The maximum Gasteiger partial charge on any atom is 0.305 e. The number of ether oxygens (including phenoxy) is 1. The lowest BCUT2D eigenvalue weighted by atomic mass is 10.0. The van der Waals surface area contributed by atoms with E-state index in [1.807, 2.05) is 6.92 Å². The fourth-order valence-corrected chi connectivity index (χ4v) is 2.44. The second-order valence-corrected chi connectivity index (χ2v) is 6.69. The summed E-state index contributed by atoms with van der Waals surface area (Å²) in [4.78, 5) is 13.8. The normalized spacial score (nSPS) is 11.7. The van der Waals surface area contributed by atoms with Gasteiger partial charge in [-0.2, -0.15) is 0 Å². The Morgan fingerprint density at radius 3 is 2.36 bits per heavy atom. The molecule has 124 valence electrons. The highest BCUT2D eigenvalue weighted by Gasteiger charge is 2.20. The summed E-state index contributed by atoms with van der Waals surface area (Å²) in [5.41, 5.74) is 1.50. The van der Waals surface area contributed by atoms with Crippen LogP contribution in [-0.4, -0.2) is 29.6 Å². The van der Waals surface area contributed by atoms with Crippen LogP contribution in [0.4, 0.5) is 0 Å². The summed E-state index contributed by atoms with van der Waals surface area (Å²) in [7, 11) is 0. The van der Waals surface area contributed by atoms with Crippen LogP contribution in [-0.2, 0) is 16.1 Å². The maximum absolute atomic E-state index is 11.3. The fraction of sp³-hybridized carbons (Fsp3) is 0.632. The number of benzene rings is 1. The molecule has 1 aromatic carbocycles. The molecule has 0 radical (unpaired) electrons. The van der Waals surface area contributed by atoms with E-state index >= 15 is 0 Å². The Morgan fingerprint density at radius 1 is 1.09 bits per heavy atom. The Morgan fingerprint density at radius 2 is 1.77 bits per heavy atom. The van der Waals surface area contributed by atoms with E-state index < -0.39 is 0 Å². The number of unbranched alkanes of at least 4 members (excludes halogenated alkanes) is 2. The first kappa shape index (κ1) is 18.7. The molecule has 0 saturated carbocycles. The third kappa shape index (κ3) is 7.60. The quantitative estimate of drug-likeness (QED) is 0.500. The predicted molar refractivity (Wildman–Crippen MR) is 91.7 cm³/mol. The monoisotopic (exact) mass is 305 g/mol. The molecule has 1 aromatic rings. The van der Waals surface area contributed by atoms with Crippen LogP contribution in [0.25, 0.3) is 0 Å². The van der Waals surface area contributed by atoms with Crippen LogP contribution in [0, 0.1) is 0 Å².